The van der Waals surface area contributed by atoms with Crippen molar-refractivity contribution in [2.75, 3.05) is 27.4 Å². The number of hydrogen-bond donors (Lipinski definition) is 6. The third-order valence-electron chi connectivity index (χ3n) is 6.73. The highest BCUT2D eigenvalue weighted by atomic mass is 16.7. The van der Waals surface area contributed by atoms with Crippen LogP contribution in [0.15, 0.2) is 36.4 Å². The van der Waals surface area contributed by atoms with Crippen molar-refractivity contribution in [1.82, 2.24) is 0 Å². The SMILES string of the molecule is COc1ccc(/C=C/C(=O)c2c(O)cc(O[C@@H]3O[C@@H](CO[C@@H]4CC[C@H](O)CO4)[C@@H](O)[C@@H](O)[C@@H]3O)cc2OC)cc1O. The van der Waals surface area contributed by atoms with Crippen molar-refractivity contribution >= 4 is 11.9 Å². The Balaban J connectivity index is 1.45. The van der Waals surface area contributed by atoms with Crippen molar-refractivity contribution in [2.45, 2.75) is 55.9 Å². The maximum atomic E-state index is 12.9. The van der Waals surface area contributed by atoms with E-state index < -0.39 is 54.6 Å². The lowest BCUT2D eigenvalue weighted by molar-refractivity contribution is -0.291. The first kappa shape index (κ1) is 30.5. The van der Waals surface area contributed by atoms with Gasteiger partial charge in [-0.15, -0.1) is 0 Å². The Morgan fingerprint density at radius 3 is 2.37 bits per heavy atom. The largest absolute Gasteiger partial charge is 0.507 e. The van der Waals surface area contributed by atoms with Crippen LogP contribution in [0.25, 0.3) is 6.08 Å². The Morgan fingerprint density at radius 2 is 1.71 bits per heavy atom. The number of aromatic hydroxyl groups is 2. The number of phenolic OH excluding ortho intramolecular Hbond substituents is 2. The Labute approximate surface area is 235 Å². The van der Waals surface area contributed by atoms with Crippen molar-refractivity contribution in [3.8, 4) is 28.7 Å². The lowest BCUT2D eigenvalue weighted by atomic mass is 9.99. The summed E-state index contributed by atoms with van der Waals surface area (Å²) in [5, 5.41) is 61.4. The van der Waals surface area contributed by atoms with Crippen molar-refractivity contribution in [3.63, 3.8) is 0 Å². The summed E-state index contributed by atoms with van der Waals surface area (Å²) in [5.74, 6) is -1.04. The van der Waals surface area contributed by atoms with Gasteiger partial charge in [0.1, 0.15) is 47.2 Å². The van der Waals surface area contributed by atoms with Crippen LogP contribution < -0.4 is 14.2 Å². The fraction of sp³-hybridized carbons (Fsp3) is 0.464. The number of phenols is 2. The molecule has 2 aliphatic rings. The normalized spacial score (nSPS) is 28.4. The molecule has 6 N–H and O–H groups in total. The molecule has 13 nitrogen and oxygen atoms in total. The topological polar surface area (TPSA) is 194 Å². The van der Waals surface area contributed by atoms with Crippen LogP contribution >= 0.6 is 0 Å². The van der Waals surface area contributed by atoms with Crippen molar-refractivity contribution in [3.05, 3.63) is 47.5 Å². The van der Waals surface area contributed by atoms with Crippen LogP contribution in [0.1, 0.15) is 28.8 Å². The molecule has 0 saturated carbocycles. The molecule has 2 aromatic carbocycles. The molecule has 0 aromatic heterocycles. The summed E-state index contributed by atoms with van der Waals surface area (Å²) in [7, 11) is 2.70. The number of ether oxygens (including phenoxy) is 6. The van der Waals surface area contributed by atoms with Gasteiger partial charge in [0.2, 0.25) is 6.29 Å². The second-order valence-corrected chi connectivity index (χ2v) is 9.61. The van der Waals surface area contributed by atoms with Gasteiger partial charge in [0.15, 0.2) is 23.6 Å². The van der Waals surface area contributed by atoms with Crippen LogP contribution in [0.3, 0.4) is 0 Å². The van der Waals surface area contributed by atoms with E-state index in [1.807, 2.05) is 0 Å². The van der Waals surface area contributed by atoms with E-state index in [2.05, 4.69) is 0 Å². The van der Waals surface area contributed by atoms with Gasteiger partial charge in [-0.05, 0) is 30.2 Å². The third-order valence-corrected chi connectivity index (χ3v) is 6.73. The molecule has 2 fully saturated rings. The highest BCUT2D eigenvalue weighted by molar-refractivity contribution is 6.10. The zero-order chi connectivity index (χ0) is 29.7. The molecule has 2 heterocycles. The third kappa shape index (κ3) is 7.26. The van der Waals surface area contributed by atoms with Gasteiger partial charge in [-0.2, -0.15) is 0 Å². The Hall–Kier alpha value is -3.43. The molecular formula is C28H34O13. The van der Waals surface area contributed by atoms with Gasteiger partial charge in [-0.25, -0.2) is 0 Å². The molecule has 7 atom stereocenters. The monoisotopic (exact) mass is 578 g/mol. The van der Waals surface area contributed by atoms with Crippen molar-refractivity contribution in [2.24, 2.45) is 0 Å². The predicted octanol–water partition coefficient (Wildman–Crippen LogP) is 0.711. The van der Waals surface area contributed by atoms with Crippen LogP contribution in [0.4, 0.5) is 0 Å². The molecule has 4 rings (SSSR count). The Bertz CT molecular complexity index is 1220. The van der Waals surface area contributed by atoms with Gasteiger partial charge in [-0.1, -0.05) is 12.1 Å². The molecule has 0 unspecified atom stereocenters. The average Bonchev–Trinajstić information content (AvgIpc) is 2.96. The number of hydrogen-bond acceptors (Lipinski definition) is 13. The second-order valence-electron chi connectivity index (χ2n) is 9.61. The molecule has 2 aromatic rings. The number of rotatable bonds is 10. The van der Waals surface area contributed by atoms with E-state index in [-0.39, 0.29) is 41.8 Å². The van der Waals surface area contributed by atoms with E-state index in [0.717, 1.165) is 6.07 Å². The van der Waals surface area contributed by atoms with Gasteiger partial charge in [0.25, 0.3) is 0 Å². The quantitative estimate of drug-likeness (QED) is 0.171. The first-order valence-corrected chi connectivity index (χ1v) is 12.9. The molecule has 224 valence electrons. The highest BCUT2D eigenvalue weighted by Crippen LogP contribution is 2.36. The molecule has 0 bridgehead atoms. The zero-order valence-electron chi connectivity index (χ0n) is 22.5. The van der Waals surface area contributed by atoms with E-state index in [1.54, 1.807) is 6.07 Å². The first-order valence-electron chi connectivity index (χ1n) is 12.9. The van der Waals surface area contributed by atoms with Gasteiger partial charge >= 0.3 is 0 Å². The summed E-state index contributed by atoms with van der Waals surface area (Å²) >= 11 is 0. The Morgan fingerprint density at radius 1 is 0.951 bits per heavy atom. The van der Waals surface area contributed by atoms with Gasteiger partial charge < -0.3 is 59.1 Å². The molecule has 0 spiro atoms. The minimum atomic E-state index is -1.67. The summed E-state index contributed by atoms with van der Waals surface area (Å²) in [6, 6.07) is 6.97. The molecule has 2 saturated heterocycles. The van der Waals surface area contributed by atoms with E-state index in [4.69, 9.17) is 28.4 Å². The summed E-state index contributed by atoms with van der Waals surface area (Å²) in [4.78, 5) is 12.9. The lowest BCUT2D eigenvalue weighted by Gasteiger charge is -2.40. The molecule has 0 radical (unpaired) electrons. The number of ketones is 1. The number of carbonyl (C=O) groups is 1. The lowest BCUT2D eigenvalue weighted by Crippen LogP contribution is -2.60. The maximum absolute atomic E-state index is 12.9. The minimum absolute atomic E-state index is 0.0466. The summed E-state index contributed by atoms with van der Waals surface area (Å²) < 4.78 is 32.6. The zero-order valence-corrected chi connectivity index (χ0v) is 22.5. The average molecular weight is 579 g/mol. The number of aliphatic hydroxyl groups excluding tert-OH is 4. The number of carbonyl (C=O) groups excluding carboxylic acids is 1. The molecule has 2 aliphatic heterocycles. The first-order chi connectivity index (χ1) is 19.6. The van der Waals surface area contributed by atoms with Crippen molar-refractivity contribution in [1.29, 1.82) is 0 Å². The van der Waals surface area contributed by atoms with Gasteiger partial charge in [0, 0.05) is 18.6 Å². The summed E-state index contributed by atoms with van der Waals surface area (Å²) in [5.41, 5.74) is 0.337. The predicted molar refractivity (Wildman–Crippen MR) is 141 cm³/mol. The standard InChI is InChI=1S/C28H34O13/c1-36-20-7-4-14(9-18(20)31)3-6-17(30)24-19(32)10-16(11-21(24)37-2)40-28-27(35)26(34)25(33)22(41-28)13-39-23-8-5-15(29)12-38-23/h3-4,6-7,9-11,15,22-23,25-29,31-35H,5,8,12-13H2,1-2H3/b6-3+/t15-,22-,23+,25+,26+,27-,28+/m0/s1. The van der Waals surface area contributed by atoms with Gasteiger partial charge in [-0.3, -0.25) is 4.79 Å². The molecule has 0 amide bonds. The molecular weight excluding hydrogens is 544 g/mol. The molecule has 0 aliphatic carbocycles. The fourth-order valence-corrected chi connectivity index (χ4v) is 4.45. The van der Waals surface area contributed by atoms with E-state index >= 15 is 0 Å². The minimum Gasteiger partial charge on any atom is -0.507 e. The smallest absolute Gasteiger partial charge is 0.229 e. The molecule has 41 heavy (non-hydrogen) atoms. The van der Waals surface area contributed by atoms with E-state index in [0.29, 0.717) is 18.4 Å². The fourth-order valence-electron chi connectivity index (χ4n) is 4.45. The summed E-state index contributed by atoms with van der Waals surface area (Å²) in [6.45, 7) is -0.0948. The highest BCUT2D eigenvalue weighted by Gasteiger charge is 2.45. The molecule has 13 heteroatoms. The van der Waals surface area contributed by atoms with Crippen LogP contribution in [-0.2, 0) is 14.2 Å². The maximum Gasteiger partial charge on any atom is 0.229 e. The Kier molecular flexibility index (Phi) is 10.0. The number of benzene rings is 2. The number of aliphatic hydroxyl groups is 4. The summed E-state index contributed by atoms with van der Waals surface area (Å²) in [6.07, 6.45) is -5.07. The van der Waals surface area contributed by atoms with Crippen LogP contribution in [0.5, 0.6) is 28.7 Å². The van der Waals surface area contributed by atoms with E-state index in [1.165, 1.54) is 44.6 Å². The van der Waals surface area contributed by atoms with Crippen LogP contribution in [0.2, 0.25) is 0 Å². The number of methoxy groups -OCH3 is 2. The van der Waals surface area contributed by atoms with E-state index in [9.17, 15) is 35.4 Å². The van der Waals surface area contributed by atoms with Crippen molar-refractivity contribution < 1.29 is 63.9 Å². The van der Waals surface area contributed by atoms with Crippen LogP contribution in [-0.4, -0.2) is 107 Å². The number of allylic oxidation sites excluding steroid dienone is 1. The second kappa shape index (κ2) is 13.5. The van der Waals surface area contributed by atoms with Crippen LogP contribution in [0, 0.1) is 0 Å². The van der Waals surface area contributed by atoms with Gasteiger partial charge in [0.05, 0.1) is 33.5 Å².